The number of hydrogen-bond acceptors (Lipinski definition) is 2. The van der Waals surface area contributed by atoms with E-state index in [1.807, 2.05) is 12.1 Å². The van der Waals surface area contributed by atoms with Crippen molar-refractivity contribution >= 4 is 0 Å². The molecule has 0 amide bonds. The van der Waals surface area contributed by atoms with Crippen molar-refractivity contribution in [3.8, 4) is 0 Å². The molecule has 4 rings (SSSR count). The van der Waals surface area contributed by atoms with E-state index in [0.29, 0.717) is 0 Å². The summed E-state index contributed by atoms with van der Waals surface area (Å²) >= 11 is 0. The largest absolute Gasteiger partial charge is 0.392 e. The summed E-state index contributed by atoms with van der Waals surface area (Å²) in [6.45, 7) is 1.13. The smallest absolute Gasteiger partial charge is 0.0681 e. The summed E-state index contributed by atoms with van der Waals surface area (Å²) in [6, 6.07) is 9.11. The Kier molecular flexibility index (Phi) is 3.31. The Morgan fingerprint density at radius 2 is 1.70 bits per heavy atom. The molecule has 3 saturated carbocycles. The van der Waals surface area contributed by atoms with Gasteiger partial charge in [-0.1, -0.05) is 30.7 Å². The average molecular weight is 271 g/mol. The van der Waals surface area contributed by atoms with Gasteiger partial charge in [0.15, 0.2) is 0 Å². The van der Waals surface area contributed by atoms with Crippen LogP contribution in [0.5, 0.6) is 0 Å². The summed E-state index contributed by atoms with van der Waals surface area (Å²) in [5.74, 6) is 4.12. The molecule has 5 atom stereocenters. The van der Waals surface area contributed by atoms with Crippen LogP contribution >= 0.6 is 0 Å². The van der Waals surface area contributed by atoms with E-state index in [0.717, 1.165) is 41.8 Å². The quantitative estimate of drug-likeness (QED) is 0.882. The van der Waals surface area contributed by atoms with Crippen molar-refractivity contribution in [3.05, 3.63) is 35.4 Å². The first kappa shape index (κ1) is 12.8. The lowest BCUT2D eigenvalue weighted by Gasteiger charge is -2.32. The third-order valence-electron chi connectivity index (χ3n) is 6.20. The summed E-state index contributed by atoms with van der Waals surface area (Å²) in [5.41, 5.74) is 2.34. The molecular formula is C18H25NO. The summed E-state index contributed by atoms with van der Waals surface area (Å²) in [7, 11) is 0. The van der Waals surface area contributed by atoms with Gasteiger partial charge in [0.1, 0.15) is 0 Å². The second-order valence-corrected chi connectivity index (χ2v) is 7.12. The second kappa shape index (κ2) is 5.16. The zero-order chi connectivity index (χ0) is 13.5. The molecule has 0 spiro atoms. The maximum atomic E-state index is 9.07. The van der Waals surface area contributed by atoms with E-state index in [2.05, 4.69) is 17.4 Å². The van der Waals surface area contributed by atoms with Crippen molar-refractivity contribution in [1.82, 2.24) is 5.32 Å². The van der Waals surface area contributed by atoms with Crippen molar-refractivity contribution in [2.45, 2.75) is 51.3 Å². The van der Waals surface area contributed by atoms with Gasteiger partial charge in [0, 0.05) is 12.6 Å². The molecule has 2 heteroatoms. The van der Waals surface area contributed by atoms with E-state index in [9.17, 15) is 0 Å². The highest BCUT2D eigenvalue weighted by Crippen LogP contribution is 2.58. The molecule has 3 aliphatic rings. The number of benzene rings is 1. The summed E-state index contributed by atoms with van der Waals surface area (Å²) < 4.78 is 0. The van der Waals surface area contributed by atoms with Gasteiger partial charge < -0.3 is 10.4 Å². The van der Waals surface area contributed by atoms with Gasteiger partial charge in [-0.25, -0.2) is 0 Å². The van der Waals surface area contributed by atoms with Crippen LogP contribution in [0.1, 0.15) is 43.2 Å². The molecule has 20 heavy (non-hydrogen) atoms. The van der Waals surface area contributed by atoms with Gasteiger partial charge in [-0.3, -0.25) is 0 Å². The van der Waals surface area contributed by atoms with Crippen molar-refractivity contribution in [3.63, 3.8) is 0 Å². The van der Waals surface area contributed by atoms with Crippen LogP contribution in [0.25, 0.3) is 0 Å². The summed E-state index contributed by atoms with van der Waals surface area (Å²) in [4.78, 5) is 0. The lowest BCUT2D eigenvalue weighted by atomic mass is 9.79. The Hall–Kier alpha value is -0.860. The van der Waals surface area contributed by atoms with Crippen LogP contribution in [0.3, 0.4) is 0 Å². The Bertz CT molecular complexity index is 469. The van der Waals surface area contributed by atoms with E-state index in [1.54, 1.807) is 0 Å². The molecule has 1 aromatic rings. The van der Waals surface area contributed by atoms with Crippen LogP contribution in [0, 0.1) is 23.7 Å². The molecule has 0 saturated heterocycles. The first-order valence-electron chi connectivity index (χ1n) is 8.27. The minimum Gasteiger partial charge on any atom is -0.392 e. The van der Waals surface area contributed by atoms with Gasteiger partial charge in [0.05, 0.1) is 6.61 Å². The molecular weight excluding hydrogens is 246 g/mol. The first-order chi connectivity index (χ1) is 9.85. The highest BCUT2D eigenvalue weighted by molar-refractivity contribution is 5.22. The topological polar surface area (TPSA) is 32.3 Å². The summed E-state index contributed by atoms with van der Waals surface area (Å²) in [6.07, 6.45) is 7.41. The standard InChI is InChI=1S/C18H25NO/c20-11-13-6-4-12(5-7-13)10-19-18-9-14-8-17(18)16-3-1-2-15(14)16/h4-7,14-20H,1-3,8-11H2. The van der Waals surface area contributed by atoms with Gasteiger partial charge >= 0.3 is 0 Å². The average Bonchev–Trinajstić information content (AvgIpc) is 3.17. The van der Waals surface area contributed by atoms with Crippen molar-refractivity contribution in [2.24, 2.45) is 23.7 Å². The highest BCUT2D eigenvalue weighted by atomic mass is 16.3. The molecule has 2 bridgehead atoms. The molecule has 1 aromatic carbocycles. The zero-order valence-electron chi connectivity index (χ0n) is 12.1. The molecule has 2 nitrogen and oxygen atoms in total. The highest BCUT2D eigenvalue weighted by Gasteiger charge is 2.53. The Labute approximate surface area is 121 Å². The maximum Gasteiger partial charge on any atom is 0.0681 e. The van der Waals surface area contributed by atoms with Crippen LogP contribution in [0.15, 0.2) is 24.3 Å². The first-order valence-corrected chi connectivity index (χ1v) is 8.27. The van der Waals surface area contributed by atoms with E-state index < -0.39 is 0 Å². The van der Waals surface area contributed by atoms with Gasteiger partial charge in [-0.05, 0) is 60.5 Å². The number of nitrogens with one attached hydrogen (secondary N) is 1. The van der Waals surface area contributed by atoms with Gasteiger partial charge in [0.2, 0.25) is 0 Å². The lowest BCUT2D eigenvalue weighted by molar-refractivity contribution is 0.208. The van der Waals surface area contributed by atoms with E-state index in [1.165, 1.54) is 37.7 Å². The van der Waals surface area contributed by atoms with Crippen LogP contribution in [-0.4, -0.2) is 11.1 Å². The molecule has 3 fully saturated rings. The van der Waals surface area contributed by atoms with Gasteiger partial charge in [-0.2, -0.15) is 0 Å². The SMILES string of the molecule is OCc1ccc(CNC2CC3CC2C2CCCC32)cc1. The molecule has 108 valence electrons. The van der Waals surface area contributed by atoms with Gasteiger partial charge in [0.25, 0.3) is 0 Å². The molecule has 5 unspecified atom stereocenters. The Morgan fingerprint density at radius 3 is 2.50 bits per heavy atom. The molecule has 0 radical (unpaired) electrons. The lowest BCUT2D eigenvalue weighted by Crippen LogP contribution is -2.38. The zero-order valence-corrected chi connectivity index (χ0v) is 12.1. The predicted octanol–water partition coefficient (Wildman–Crippen LogP) is 3.09. The molecule has 0 aromatic heterocycles. The number of aliphatic hydroxyl groups excluding tert-OH is 1. The number of hydrogen-bond donors (Lipinski definition) is 2. The van der Waals surface area contributed by atoms with Crippen LogP contribution in [-0.2, 0) is 13.2 Å². The van der Waals surface area contributed by atoms with Crippen molar-refractivity contribution < 1.29 is 5.11 Å². The van der Waals surface area contributed by atoms with E-state index >= 15 is 0 Å². The minimum atomic E-state index is 0.142. The Morgan fingerprint density at radius 1 is 0.950 bits per heavy atom. The normalized spacial score (nSPS) is 38.4. The molecule has 0 heterocycles. The maximum absolute atomic E-state index is 9.07. The monoisotopic (exact) mass is 271 g/mol. The second-order valence-electron chi connectivity index (χ2n) is 7.12. The van der Waals surface area contributed by atoms with Crippen LogP contribution < -0.4 is 5.32 Å². The van der Waals surface area contributed by atoms with Crippen molar-refractivity contribution in [1.29, 1.82) is 0 Å². The molecule has 3 aliphatic carbocycles. The third kappa shape index (κ3) is 2.10. The molecule has 0 aliphatic heterocycles. The van der Waals surface area contributed by atoms with Gasteiger partial charge in [-0.15, -0.1) is 0 Å². The molecule has 2 N–H and O–H groups in total. The number of rotatable bonds is 4. The van der Waals surface area contributed by atoms with Crippen LogP contribution in [0.2, 0.25) is 0 Å². The van der Waals surface area contributed by atoms with Crippen LogP contribution in [0.4, 0.5) is 0 Å². The predicted molar refractivity (Wildman–Crippen MR) is 80.0 cm³/mol. The third-order valence-corrected chi connectivity index (χ3v) is 6.20. The van der Waals surface area contributed by atoms with Crippen molar-refractivity contribution in [2.75, 3.05) is 0 Å². The fourth-order valence-electron chi connectivity index (χ4n) is 5.31. The van der Waals surface area contributed by atoms with E-state index in [4.69, 9.17) is 5.11 Å². The Balaban J connectivity index is 1.36. The van der Waals surface area contributed by atoms with E-state index in [-0.39, 0.29) is 6.61 Å². The fourth-order valence-corrected chi connectivity index (χ4v) is 5.31. The minimum absolute atomic E-state index is 0.142. The number of fused-ring (bicyclic) bond motifs is 5. The summed E-state index contributed by atoms with van der Waals surface area (Å²) in [5, 5.41) is 12.9. The fraction of sp³-hybridized carbons (Fsp3) is 0.667. The number of aliphatic hydroxyl groups is 1.